The summed E-state index contributed by atoms with van der Waals surface area (Å²) >= 11 is 0. The lowest BCUT2D eigenvalue weighted by molar-refractivity contribution is -0.141. The molecule has 198 valence electrons. The maximum Gasteiger partial charge on any atom is 0.433 e. The van der Waals surface area contributed by atoms with Crippen LogP contribution in [0.5, 0.6) is 5.75 Å². The zero-order chi connectivity index (χ0) is 26.4. The second kappa shape index (κ2) is 9.60. The van der Waals surface area contributed by atoms with Crippen LogP contribution in [0.25, 0.3) is 10.9 Å². The van der Waals surface area contributed by atoms with Crippen molar-refractivity contribution in [2.24, 2.45) is 5.92 Å². The van der Waals surface area contributed by atoms with Crippen molar-refractivity contribution in [3.63, 3.8) is 0 Å². The minimum Gasteiger partial charge on any atom is -0.488 e. The van der Waals surface area contributed by atoms with E-state index in [1.807, 2.05) is 24.7 Å². The highest BCUT2D eigenvalue weighted by Gasteiger charge is 2.40. The van der Waals surface area contributed by atoms with E-state index in [0.717, 1.165) is 56.3 Å². The van der Waals surface area contributed by atoms with Crippen LogP contribution in [-0.2, 0) is 6.18 Å². The number of amides is 1. The summed E-state index contributed by atoms with van der Waals surface area (Å²) in [4.78, 5) is 16.4. The third kappa shape index (κ3) is 5.57. The monoisotopic (exact) mass is 517 g/mol. The standard InChI is InChI=1S/C26H30F3N5O3/c1-25(2,36)16-11-17(12-16)34-14-15-10-21(22(13-20(15)33-34)37-18-6-8-30-9-7-18)32-24(35)19-4-3-5-23(31-19)26(27,28)29/h3-5,10,13-14,16-18,30,36H,6-9,11-12H2,1-2H3,(H,32,35)/t16-,17-. The molecule has 0 atom stereocenters. The normalized spacial score (nSPS) is 21.0. The molecule has 11 heteroatoms. The number of nitrogens with one attached hydrogen (secondary N) is 2. The highest BCUT2D eigenvalue weighted by atomic mass is 19.4. The van der Waals surface area contributed by atoms with Crippen molar-refractivity contribution in [2.45, 2.75) is 63.5 Å². The topological polar surface area (TPSA) is 101 Å². The van der Waals surface area contributed by atoms with E-state index in [2.05, 4.69) is 15.6 Å². The quantitative estimate of drug-likeness (QED) is 0.443. The second-order valence-corrected chi connectivity index (χ2v) is 10.4. The Kier molecular flexibility index (Phi) is 6.61. The molecule has 5 rings (SSSR count). The molecular weight excluding hydrogens is 487 g/mol. The molecule has 1 aromatic carbocycles. The van der Waals surface area contributed by atoms with Crippen molar-refractivity contribution in [3.8, 4) is 5.75 Å². The minimum absolute atomic E-state index is 0.0673. The predicted molar refractivity (Wildman–Crippen MR) is 132 cm³/mol. The molecule has 1 saturated heterocycles. The Morgan fingerprint density at radius 2 is 1.92 bits per heavy atom. The zero-order valence-corrected chi connectivity index (χ0v) is 20.7. The number of halogens is 3. The summed E-state index contributed by atoms with van der Waals surface area (Å²) in [6.07, 6.45) is 0.348. The van der Waals surface area contributed by atoms with Gasteiger partial charge in [-0.25, -0.2) is 4.98 Å². The summed E-state index contributed by atoms with van der Waals surface area (Å²) in [6, 6.07) is 6.87. The molecule has 3 N–H and O–H groups in total. The Morgan fingerprint density at radius 3 is 2.59 bits per heavy atom. The Morgan fingerprint density at radius 1 is 1.19 bits per heavy atom. The highest BCUT2D eigenvalue weighted by Crippen LogP contribution is 2.44. The molecule has 37 heavy (non-hydrogen) atoms. The van der Waals surface area contributed by atoms with Gasteiger partial charge in [0.1, 0.15) is 23.2 Å². The molecular formula is C26H30F3N5O3. The van der Waals surface area contributed by atoms with Crippen molar-refractivity contribution in [1.29, 1.82) is 0 Å². The average molecular weight is 518 g/mol. The molecule has 2 fully saturated rings. The van der Waals surface area contributed by atoms with Crippen molar-refractivity contribution in [2.75, 3.05) is 18.4 Å². The van der Waals surface area contributed by atoms with Gasteiger partial charge in [-0.1, -0.05) is 6.07 Å². The highest BCUT2D eigenvalue weighted by molar-refractivity contribution is 6.05. The number of benzene rings is 1. The van der Waals surface area contributed by atoms with Gasteiger partial charge in [-0.05, 0) is 76.7 Å². The largest absolute Gasteiger partial charge is 0.488 e. The molecule has 1 saturated carbocycles. The predicted octanol–water partition coefficient (Wildman–Crippen LogP) is 4.56. The van der Waals surface area contributed by atoms with Crippen LogP contribution in [0.3, 0.4) is 0 Å². The third-order valence-corrected chi connectivity index (χ3v) is 7.21. The first-order valence-corrected chi connectivity index (χ1v) is 12.5. The van der Waals surface area contributed by atoms with Crippen LogP contribution in [0, 0.1) is 5.92 Å². The first-order chi connectivity index (χ1) is 17.5. The van der Waals surface area contributed by atoms with Gasteiger partial charge in [0, 0.05) is 17.6 Å². The lowest BCUT2D eigenvalue weighted by Crippen LogP contribution is -2.41. The van der Waals surface area contributed by atoms with Crippen molar-refractivity contribution in [3.05, 3.63) is 47.9 Å². The van der Waals surface area contributed by atoms with E-state index in [1.54, 1.807) is 12.1 Å². The molecule has 2 aromatic heterocycles. The Balaban J connectivity index is 1.43. The first kappa shape index (κ1) is 25.5. The number of pyridine rings is 1. The van der Waals surface area contributed by atoms with Crippen LogP contribution < -0.4 is 15.4 Å². The second-order valence-electron chi connectivity index (χ2n) is 10.4. The van der Waals surface area contributed by atoms with E-state index >= 15 is 0 Å². The molecule has 3 heterocycles. The number of hydrogen-bond donors (Lipinski definition) is 3. The summed E-state index contributed by atoms with van der Waals surface area (Å²) in [7, 11) is 0. The number of rotatable bonds is 6. The van der Waals surface area contributed by atoms with Crippen LogP contribution in [0.2, 0.25) is 0 Å². The number of ether oxygens (including phenoxy) is 1. The molecule has 2 aliphatic rings. The lowest BCUT2D eigenvalue weighted by atomic mass is 9.71. The number of fused-ring (bicyclic) bond motifs is 1. The van der Waals surface area contributed by atoms with E-state index < -0.39 is 23.4 Å². The molecule has 0 unspecified atom stereocenters. The number of aromatic nitrogens is 3. The van der Waals surface area contributed by atoms with Gasteiger partial charge in [-0.2, -0.15) is 18.3 Å². The maximum atomic E-state index is 13.1. The molecule has 3 aromatic rings. The molecule has 0 bridgehead atoms. The van der Waals surface area contributed by atoms with Gasteiger partial charge in [0.15, 0.2) is 0 Å². The molecule has 0 radical (unpaired) electrons. The van der Waals surface area contributed by atoms with E-state index in [1.165, 1.54) is 6.07 Å². The number of piperidine rings is 1. The Hall–Kier alpha value is -3.18. The molecule has 1 amide bonds. The van der Waals surface area contributed by atoms with Crippen LogP contribution in [0.4, 0.5) is 18.9 Å². The maximum absolute atomic E-state index is 13.1. The van der Waals surface area contributed by atoms with E-state index in [0.29, 0.717) is 17.0 Å². The summed E-state index contributed by atoms with van der Waals surface area (Å²) < 4.78 is 47.4. The third-order valence-electron chi connectivity index (χ3n) is 7.21. The molecule has 0 spiro atoms. The first-order valence-electron chi connectivity index (χ1n) is 12.5. The fraction of sp³-hybridized carbons (Fsp3) is 0.500. The van der Waals surface area contributed by atoms with Crippen LogP contribution >= 0.6 is 0 Å². The Labute approximate surface area is 212 Å². The van der Waals surface area contributed by atoms with Gasteiger partial charge in [-0.15, -0.1) is 0 Å². The fourth-order valence-corrected chi connectivity index (χ4v) is 4.83. The number of anilines is 1. The number of carbonyl (C=O) groups excluding carboxylic acids is 1. The summed E-state index contributed by atoms with van der Waals surface area (Å²) in [6.45, 7) is 5.24. The van der Waals surface area contributed by atoms with Gasteiger partial charge < -0.3 is 20.5 Å². The van der Waals surface area contributed by atoms with Crippen LogP contribution in [0.1, 0.15) is 61.8 Å². The SMILES string of the molecule is CC(C)(O)[C@H]1C[C@H](n2cc3cc(NC(=O)c4cccc(C(F)(F)F)n4)c(OC4CCNCC4)cc3n2)C1. The summed E-state index contributed by atoms with van der Waals surface area (Å²) in [5.41, 5.74) is -1.18. The fourth-order valence-electron chi connectivity index (χ4n) is 4.83. The van der Waals surface area contributed by atoms with Crippen molar-refractivity contribution < 1.29 is 27.8 Å². The van der Waals surface area contributed by atoms with Crippen LogP contribution in [0.15, 0.2) is 36.5 Å². The molecule has 1 aliphatic carbocycles. The van der Waals surface area contributed by atoms with E-state index in [-0.39, 0.29) is 23.8 Å². The van der Waals surface area contributed by atoms with Crippen LogP contribution in [-0.4, -0.2) is 50.6 Å². The van der Waals surface area contributed by atoms with Gasteiger partial charge in [0.05, 0.1) is 22.8 Å². The number of carbonyl (C=O) groups is 1. The summed E-state index contributed by atoms with van der Waals surface area (Å²) in [5, 5.41) is 21.7. The molecule has 8 nitrogen and oxygen atoms in total. The Bertz CT molecular complexity index is 1290. The summed E-state index contributed by atoms with van der Waals surface area (Å²) in [5.74, 6) is -0.161. The lowest BCUT2D eigenvalue weighted by Gasteiger charge is -2.42. The van der Waals surface area contributed by atoms with Gasteiger partial charge >= 0.3 is 6.18 Å². The number of aliphatic hydroxyl groups is 1. The number of hydrogen-bond acceptors (Lipinski definition) is 6. The number of alkyl halides is 3. The average Bonchev–Trinajstić information content (AvgIpc) is 3.19. The molecule has 1 aliphatic heterocycles. The minimum atomic E-state index is -4.65. The van der Waals surface area contributed by atoms with E-state index in [4.69, 9.17) is 9.84 Å². The van der Waals surface area contributed by atoms with Gasteiger partial charge in [0.25, 0.3) is 5.91 Å². The van der Waals surface area contributed by atoms with Gasteiger partial charge in [-0.3, -0.25) is 9.48 Å². The van der Waals surface area contributed by atoms with E-state index in [9.17, 15) is 23.1 Å². The van der Waals surface area contributed by atoms with Crippen molar-refractivity contribution >= 4 is 22.5 Å². The van der Waals surface area contributed by atoms with Gasteiger partial charge in [0.2, 0.25) is 0 Å². The van der Waals surface area contributed by atoms with Crippen molar-refractivity contribution in [1.82, 2.24) is 20.1 Å². The smallest absolute Gasteiger partial charge is 0.433 e. The number of nitrogens with zero attached hydrogens (tertiary/aromatic N) is 3. The zero-order valence-electron chi connectivity index (χ0n) is 20.7.